The Morgan fingerprint density at radius 1 is 0.493 bits per heavy atom. The second-order valence-electron chi connectivity index (χ2n) is 15.4. The number of aromatic amines is 2. The molecule has 0 atom stereocenters. The van der Waals surface area contributed by atoms with Crippen molar-refractivity contribution in [2.75, 3.05) is 15.8 Å². The van der Waals surface area contributed by atoms with E-state index in [0.29, 0.717) is 5.69 Å². The monoisotopic (exact) mass is 1050 g/mol. The van der Waals surface area contributed by atoms with Crippen molar-refractivity contribution in [1.29, 1.82) is 0 Å². The highest BCUT2D eigenvalue weighted by atomic mass is 35.5. The number of benzene rings is 5. The third kappa shape index (κ3) is 8.15. The molecule has 0 fully saturated rings. The molecule has 9 N–H and O–H groups in total. The molecule has 0 spiro atoms. The topological polar surface area (TPSA) is 395 Å². The molecule has 0 saturated carbocycles. The highest BCUT2D eigenvalue weighted by molar-refractivity contribution is 7.92. The van der Waals surface area contributed by atoms with E-state index >= 15 is 0 Å². The number of rotatable bonds is 8. The molecule has 5 aromatic carbocycles. The number of nitrogen functional groups attached to an aromatic ring is 1. The van der Waals surface area contributed by atoms with E-state index in [1.54, 1.807) is 12.1 Å². The average Bonchev–Trinajstić information content (AvgIpc) is 4.03. The summed E-state index contributed by atoms with van der Waals surface area (Å²) >= 11 is 5.91. The molecule has 356 valence electrons. The first-order chi connectivity index (χ1) is 33.6. The van der Waals surface area contributed by atoms with Crippen LogP contribution in [0.3, 0.4) is 0 Å². The zero-order valence-corrected chi connectivity index (χ0v) is 39.0. The second kappa shape index (κ2) is 15.9. The molecule has 0 saturated heterocycles. The number of halogens is 1. The van der Waals surface area contributed by atoms with Crippen LogP contribution in [0, 0.1) is 0 Å². The van der Waals surface area contributed by atoms with E-state index < -0.39 is 55.1 Å². The second-order valence-corrected chi connectivity index (χ2v) is 21.6. The Balaban J connectivity index is 1.18. The SMILES string of the molecule is Nc1nc(Cl)nc(Nc2cccc(NS(=O)(=O)c3ccc4c(c3)-c3nc-4nc4[nH]c(nc5nc(nc6[nH]c(n3)c3ccc(S(=O)(=O)O)cc63)-c3cccc(S(=O)(=O)O)c3-5)c3cccc(S(=O)(=O)O)c43)c2)n1. The minimum absolute atomic E-state index is 0.0111. The molecule has 25 nitrogen and oxygen atoms in total. The molecule has 9 aromatic rings. The molecule has 0 unspecified atom stereocenters. The number of nitrogens with zero attached hydrogens (tertiary/aromatic N) is 9. The third-order valence-corrected chi connectivity index (χ3v) is 15.1. The van der Waals surface area contributed by atoms with Gasteiger partial charge in [-0.15, -0.1) is 0 Å². The van der Waals surface area contributed by atoms with Crippen molar-refractivity contribution in [2.45, 2.75) is 19.6 Å². The van der Waals surface area contributed by atoms with Crippen molar-refractivity contribution in [1.82, 2.24) is 54.8 Å². The molecule has 2 aliphatic heterocycles. The van der Waals surface area contributed by atoms with Crippen molar-refractivity contribution in [3.8, 4) is 45.6 Å². The van der Waals surface area contributed by atoms with Crippen molar-refractivity contribution in [3.63, 3.8) is 0 Å². The van der Waals surface area contributed by atoms with Gasteiger partial charge >= 0.3 is 0 Å². The number of hydrogen-bond acceptors (Lipinski definition) is 19. The Morgan fingerprint density at radius 3 is 1.85 bits per heavy atom. The first-order valence-electron chi connectivity index (χ1n) is 19.9. The summed E-state index contributed by atoms with van der Waals surface area (Å²) in [4.78, 5) is 43.4. The summed E-state index contributed by atoms with van der Waals surface area (Å²) in [6.07, 6.45) is 0. The molecule has 0 amide bonds. The van der Waals surface area contributed by atoms with Crippen molar-refractivity contribution in [3.05, 3.63) is 102 Å². The van der Waals surface area contributed by atoms with Crippen molar-refractivity contribution < 1.29 is 47.3 Å². The molecule has 2 aliphatic rings. The van der Waals surface area contributed by atoms with Crippen LogP contribution in [0.25, 0.3) is 89.7 Å². The zero-order chi connectivity index (χ0) is 49.9. The third-order valence-electron chi connectivity index (χ3n) is 10.9. The van der Waals surface area contributed by atoms with Crippen LogP contribution in [0.4, 0.5) is 23.3 Å². The number of H-pyrrole nitrogens is 2. The highest BCUT2D eigenvalue weighted by Crippen LogP contribution is 2.41. The number of nitrogens with two attached hydrogens (primary N) is 1. The zero-order valence-electron chi connectivity index (χ0n) is 35.0. The lowest BCUT2D eigenvalue weighted by Crippen LogP contribution is -2.13. The number of nitrogens with one attached hydrogen (secondary N) is 4. The van der Waals surface area contributed by atoms with Crippen LogP contribution in [0.1, 0.15) is 0 Å². The Hall–Kier alpha value is -8.16. The predicted molar refractivity (Wildman–Crippen MR) is 255 cm³/mol. The summed E-state index contributed by atoms with van der Waals surface area (Å²) in [7, 11) is -19.2. The van der Waals surface area contributed by atoms with E-state index in [4.69, 9.17) is 27.3 Å². The number of sulfonamides is 1. The summed E-state index contributed by atoms with van der Waals surface area (Å²) in [6, 6.07) is 21.1. The number of hydrogen-bond donors (Lipinski definition) is 8. The lowest BCUT2D eigenvalue weighted by Gasteiger charge is -2.11. The molecule has 71 heavy (non-hydrogen) atoms. The van der Waals surface area contributed by atoms with E-state index in [9.17, 15) is 47.3 Å². The van der Waals surface area contributed by atoms with Crippen LogP contribution in [-0.4, -0.2) is 102 Å². The Labute approximate surface area is 402 Å². The van der Waals surface area contributed by atoms with Crippen LogP contribution < -0.4 is 15.8 Å². The van der Waals surface area contributed by atoms with Crippen LogP contribution in [0.5, 0.6) is 0 Å². The quantitative estimate of drug-likeness (QED) is 0.0861. The molecule has 11 rings (SSSR count). The van der Waals surface area contributed by atoms with Gasteiger partial charge in [0.1, 0.15) is 32.4 Å². The standard InChI is InChI=1S/C41H25ClN14O11S4/c42-39-53-40(43)55-41(54-39)44-17-4-1-5-18(14-17)56-68(57,58)19-10-12-21-25(15-19)35-45-31-22-13-11-20(69(59,60)61)16-26(22)36(46-31)48-33-23-6-2-8-27(70(62,63)64)29(23)38(50-33)52-34-24-7-3-9-28(71(65,66)67)30(24)37(51-34)49-32(21)47-35/h1-16,56H,(H,59,60,61)(H,62,63,64)(H,65,66,67)(H3,43,44,53,54,55)(H2,45,46,47,48,49,50,51,52). The molecule has 0 radical (unpaired) electrons. The van der Waals surface area contributed by atoms with Gasteiger partial charge < -0.3 is 21.0 Å². The van der Waals surface area contributed by atoms with E-state index in [1.165, 1.54) is 60.7 Å². The molecule has 8 bridgehead atoms. The lowest BCUT2D eigenvalue weighted by molar-refractivity contribution is 0.481. The van der Waals surface area contributed by atoms with E-state index in [2.05, 4.69) is 54.9 Å². The molecular weight excluding hydrogens is 1030 g/mol. The predicted octanol–water partition coefficient (Wildman–Crippen LogP) is 5.57. The van der Waals surface area contributed by atoms with Crippen LogP contribution in [0.2, 0.25) is 5.28 Å². The number of anilines is 4. The van der Waals surface area contributed by atoms with Gasteiger partial charge in [-0.1, -0.05) is 30.3 Å². The maximum Gasteiger partial charge on any atom is 0.295 e. The molecular formula is C41H25ClN14O11S4. The molecule has 4 aromatic heterocycles. The summed E-state index contributed by atoms with van der Waals surface area (Å²) in [5.74, 6) is -1.08. The maximum atomic E-state index is 14.2. The smallest absolute Gasteiger partial charge is 0.295 e. The largest absolute Gasteiger partial charge is 0.368 e. The first kappa shape index (κ1) is 45.3. The average molecular weight is 1050 g/mol. The van der Waals surface area contributed by atoms with Gasteiger partial charge in [-0.05, 0) is 78.3 Å². The lowest BCUT2D eigenvalue weighted by atomic mass is 10.1. The highest BCUT2D eigenvalue weighted by Gasteiger charge is 2.30. The van der Waals surface area contributed by atoms with Crippen LogP contribution in [0.15, 0.2) is 117 Å². The fraction of sp³-hybridized carbons (Fsp3) is 0. The van der Waals surface area contributed by atoms with Gasteiger partial charge in [-0.2, -0.15) is 40.2 Å². The van der Waals surface area contributed by atoms with Crippen LogP contribution in [-0.2, 0) is 40.4 Å². The molecule has 0 aliphatic carbocycles. The van der Waals surface area contributed by atoms with Gasteiger partial charge in [0.15, 0.2) is 23.3 Å². The van der Waals surface area contributed by atoms with Crippen molar-refractivity contribution in [2.24, 2.45) is 0 Å². The molecule has 6 heterocycles. The van der Waals surface area contributed by atoms with Gasteiger partial charge in [0, 0.05) is 43.9 Å². The van der Waals surface area contributed by atoms with Gasteiger partial charge in [-0.3, -0.25) is 18.4 Å². The van der Waals surface area contributed by atoms with Gasteiger partial charge in [0.2, 0.25) is 17.2 Å². The minimum atomic E-state index is -4.99. The van der Waals surface area contributed by atoms with E-state index in [0.717, 1.165) is 24.3 Å². The summed E-state index contributed by atoms with van der Waals surface area (Å²) in [5.41, 5.74) is 5.57. The molecule has 30 heteroatoms. The first-order valence-corrected chi connectivity index (χ1v) is 26.1. The Bertz CT molecular complexity index is 4500. The van der Waals surface area contributed by atoms with Gasteiger partial charge in [0.25, 0.3) is 40.4 Å². The number of aromatic nitrogens is 11. The normalized spacial score (nSPS) is 12.7. The minimum Gasteiger partial charge on any atom is -0.368 e. The summed E-state index contributed by atoms with van der Waals surface area (Å²) < 4.78 is 138. The summed E-state index contributed by atoms with van der Waals surface area (Å²) in [6.45, 7) is 0. The fourth-order valence-corrected chi connectivity index (χ4v) is 11.1. The van der Waals surface area contributed by atoms with Crippen LogP contribution >= 0.6 is 11.6 Å². The Kier molecular flexibility index (Phi) is 10.2. The van der Waals surface area contributed by atoms with Gasteiger partial charge in [0.05, 0.1) is 21.0 Å². The van der Waals surface area contributed by atoms with E-state index in [-0.39, 0.29) is 117 Å². The van der Waals surface area contributed by atoms with Crippen molar-refractivity contribution >= 4 is 119 Å². The number of fused-ring (bicyclic) bond motifs is 20. The Morgan fingerprint density at radius 2 is 1.10 bits per heavy atom. The fourth-order valence-electron chi connectivity index (χ4n) is 7.97. The maximum absolute atomic E-state index is 14.2. The summed E-state index contributed by atoms with van der Waals surface area (Å²) in [5, 5.41) is 2.77. The van der Waals surface area contributed by atoms with E-state index in [1.807, 2.05) is 0 Å². The van der Waals surface area contributed by atoms with Gasteiger partial charge in [-0.25, -0.2) is 38.3 Å².